The van der Waals surface area contributed by atoms with Crippen LogP contribution in [0.25, 0.3) is 10.9 Å². The van der Waals surface area contributed by atoms with E-state index < -0.39 is 12.1 Å². The van der Waals surface area contributed by atoms with Crippen molar-refractivity contribution in [3.63, 3.8) is 0 Å². The van der Waals surface area contributed by atoms with E-state index in [2.05, 4.69) is 9.55 Å². The summed E-state index contributed by atoms with van der Waals surface area (Å²) in [6.07, 6.45) is 1.34. The number of hydrogen-bond donors (Lipinski definition) is 1. The van der Waals surface area contributed by atoms with E-state index in [4.69, 9.17) is 19.4 Å². The Labute approximate surface area is 198 Å². The normalized spacial score (nSPS) is 18.6. The number of carbonyl (C=O) groups excluding carboxylic acids is 1. The minimum atomic E-state index is -5.08. The highest BCUT2D eigenvalue weighted by Crippen LogP contribution is 2.40. The molecule has 0 radical (unpaired) electrons. The fourth-order valence-electron chi connectivity index (χ4n) is 4.34. The van der Waals surface area contributed by atoms with Gasteiger partial charge in [-0.25, -0.2) is 4.79 Å². The Kier molecular flexibility index (Phi) is 6.70. The van der Waals surface area contributed by atoms with Crippen LogP contribution in [0.5, 0.6) is 5.75 Å². The number of carbonyl (C=O) groups is 2. The monoisotopic (exact) mass is 491 g/mol. The molecular weight excluding hydrogens is 467 g/mol. The van der Waals surface area contributed by atoms with Gasteiger partial charge in [-0.15, -0.1) is 0 Å². The number of carboxylic acid groups (broad SMARTS) is 1. The van der Waals surface area contributed by atoms with Crippen molar-refractivity contribution in [1.29, 1.82) is 0 Å². The minimum Gasteiger partial charge on any atom is -0.492 e. The average Bonchev–Trinajstić information content (AvgIpc) is 3.40. The third kappa shape index (κ3) is 5.24. The van der Waals surface area contributed by atoms with Gasteiger partial charge >= 0.3 is 12.1 Å². The third-order valence-electron chi connectivity index (χ3n) is 6.26. The molecule has 1 aromatic carbocycles. The van der Waals surface area contributed by atoms with E-state index in [0.717, 1.165) is 35.2 Å². The maximum atomic E-state index is 12.9. The lowest BCUT2D eigenvalue weighted by atomic mass is 9.81. The number of rotatable bonds is 4. The first-order valence-corrected chi connectivity index (χ1v) is 10.9. The Morgan fingerprint density at radius 1 is 1.26 bits per heavy atom. The van der Waals surface area contributed by atoms with Crippen LogP contribution < -0.4 is 4.74 Å². The fourth-order valence-corrected chi connectivity index (χ4v) is 4.34. The van der Waals surface area contributed by atoms with Gasteiger partial charge in [-0.2, -0.15) is 13.2 Å². The number of benzene rings is 1. The Morgan fingerprint density at radius 2 is 2.00 bits per heavy atom. The van der Waals surface area contributed by atoms with E-state index in [-0.39, 0.29) is 17.4 Å². The molecule has 0 saturated carbocycles. The van der Waals surface area contributed by atoms with Gasteiger partial charge in [0.05, 0.1) is 25.9 Å². The summed E-state index contributed by atoms with van der Waals surface area (Å²) in [4.78, 5) is 27.8. The van der Waals surface area contributed by atoms with E-state index in [0.29, 0.717) is 19.7 Å². The van der Waals surface area contributed by atoms with Gasteiger partial charge < -0.3 is 24.0 Å². The Balaban J connectivity index is 0.000000364. The van der Waals surface area contributed by atoms with Crippen LogP contribution in [0.15, 0.2) is 55.0 Å². The summed E-state index contributed by atoms with van der Waals surface area (Å²) in [7, 11) is 2.01. The van der Waals surface area contributed by atoms with Gasteiger partial charge in [-0.05, 0) is 42.8 Å². The molecule has 0 bridgehead atoms. The molecule has 1 unspecified atom stereocenters. The first-order chi connectivity index (χ1) is 16.6. The largest absolute Gasteiger partial charge is 0.492 e. The molecule has 35 heavy (non-hydrogen) atoms. The fraction of sp³-hybridized carbons (Fsp3) is 0.375. The maximum absolute atomic E-state index is 12.9. The van der Waals surface area contributed by atoms with Gasteiger partial charge in [0.25, 0.3) is 5.91 Å². The summed E-state index contributed by atoms with van der Waals surface area (Å²) in [6.45, 7) is 2.56. The van der Waals surface area contributed by atoms with E-state index in [9.17, 15) is 18.0 Å². The van der Waals surface area contributed by atoms with Gasteiger partial charge in [0, 0.05) is 48.4 Å². The van der Waals surface area contributed by atoms with Gasteiger partial charge in [0.2, 0.25) is 0 Å². The zero-order valence-corrected chi connectivity index (χ0v) is 18.9. The quantitative estimate of drug-likeness (QED) is 0.601. The summed E-state index contributed by atoms with van der Waals surface area (Å²) in [5, 5.41) is 8.21. The molecule has 3 aromatic rings. The van der Waals surface area contributed by atoms with Crippen molar-refractivity contribution in [2.75, 3.05) is 26.3 Å². The predicted octanol–water partition coefficient (Wildman–Crippen LogP) is 3.52. The van der Waals surface area contributed by atoms with Crippen LogP contribution in [0.3, 0.4) is 0 Å². The van der Waals surface area contributed by atoms with Gasteiger partial charge in [-0.1, -0.05) is 0 Å². The number of fused-ring (bicyclic) bond motifs is 1. The second-order valence-electron chi connectivity index (χ2n) is 8.56. The van der Waals surface area contributed by atoms with Gasteiger partial charge in [0.15, 0.2) is 0 Å². The molecule has 2 aromatic heterocycles. The summed E-state index contributed by atoms with van der Waals surface area (Å²) in [5.41, 5.74) is 1.59. The number of aliphatic carboxylic acids is 1. The molecule has 2 aliphatic heterocycles. The molecule has 8 nitrogen and oxygen atoms in total. The lowest BCUT2D eigenvalue weighted by molar-refractivity contribution is -0.192. The third-order valence-corrected chi connectivity index (χ3v) is 6.26. The van der Waals surface area contributed by atoms with Crippen molar-refractivity contribution in [1.82, 2.24) is 14.5 Å². The predicted molar refractivity (Wildman–Crippen MR) is 119 cm³/mol. The molecule has 186 valence electrons. The van der Waals surface area contributed by atoms with Crippen molar-refractivity contribution < 1.29 is 37.3 Å². The highest BCUT2D eigenvalue weighted by Gasteiger charge is 2.54. The van der Waals surface area contributed by atoms with Crippen molar-refractivity contribution in [3.8, 4) is 5.75 Å². The molecule has 1 N–H and O–H groups in total. The number of alkyl halides is 3. The highest BCUT2D eigenvalue weighted by atomic mass is 19.4. The zero-order valence-electron chi connectivity index (χ0n) is 18.9. The molecule has 4 heterocycles. The van der Waals surface area contributed by atoms with Crippen molar-refractivity contribution in [2.45, 2.75) is 18.2 Å². The Morgan fingerprint density at radius 3 is 2.66 bits per heavy atom. The van der Waals surface area contributed by atoms with E-state index in [1.165, 1.54) is 0 Å². The molecular formula is C24H24F3N3O5. The Hall–Kier alpha value is -3.60. The number of hydrogen-bond acceptors (Lipinski definition) is 5. The molecule has 0 aliphatic carbocycles. The summed E-state index contributed by atoms with van der Waals surface area (Å²) in [6, 6.07) is 11.7. The van der Waals surface area contributed by atoms with Crippen molar-refractivity contribution in [2.24, 2.45) is 13.0 Å². The smallest absolute Gasteiger partial charge is 0.490 e. The molecule has 2 fully saturated rings. The standard InChI is InChI=1S/C22H23N3O3.C2HF3O2/c1-24-9-6-16-11-17(4-5-20(16)24)21(26)25-14-22(15-25)18(7-10-28-22)13-27-19-3-2-8-23-12-19;3-2(4,5)1(6)7/h2-6,8-9,11-12,18H,7,10,13-15H2,1H3;(H,6,7). The number of nitrogens with zero attached hydrogens (tertiary/aromatic N) is 3. The minimum absolute atomic E-state index is 0.0683. The number of ether oxygens (including phenoxy) is 2. The second-order valence-corrected chi connectivity index (χ2v) is 8.56. The number of halogens is 3. The SMILES string of the molecule is Cn1ccc2cc(C(=O)N3CC4(C3)OCCC4COc3cccnc3)ccc21.O=C(O)C(F)(F)F. The molecule has 1 amide bonds. The van der Waals surface area contributed by atoms with E-state index in [1.54, 1.807) is 12.4 Å². The number of aryl methyl sites for hydroxylation is 1. The van der Waals surface area contributed by atoms with E-state index >= 15 is 0 Å². The first kappa shape index (κ1) is 24.5. The number of carboxylic acids is 1. The number of likely N-dealkylation sites (tertiary alicyclic amines) is 1. The molecule has 1 spiro atoms. The number of pyridine rings is 1. The number of amides is 1. The molecule has 11 heteroatoms. The van der Waals surface area contributed by atoms with Crippen LogP contribution >= 0.6 is 0 Å². The van der Waals surface area contributed by atoms with Crippen LogP contribution in [0.1, 0.15) is 16.8 Å². The van der Waals surface area contributed by atoms with E-state index in [1.807, 2.05) is 54.5 Å². The highest BCUT2D eigenvalue weighted by molar-refractivity contribution is 5.98. The molecule has 5 rings (SSSR count). The second kappa shape index (κ2) is 9.57. The van der Waals surface area contributed by atoms with Crippen LogP contribution in [-0.4, -0.2) is 69.5 Å². The lowest BCUT2D eigenvalue weighted by Crippen LogP contribution is -2.66. The zero-order chi connectivity index (χ0) is 25.2. The number of aromatic nitrogens is 2. The summed E-state index contributed by atoms with van der Waals surface area (Å²) < 4.78 is 45.8. The topological polar surface area (TPSA) is 93.9 Å². The molecule has 2 saturated heterocycles. The van der Waals surface area contributed by atoms with Crippen molar-refractivity contribution in [3.05, 3.63) is 60.6 Å². The first-order valence-electron chi connectivity index (χ1n) is 10.9. The van der Waals surface area contributed by atoms with Crippen LogP contribution in [-0.2, 0) is 16.6 Å². The van der Waals surface area contributed by atoms with Crippen LogP contribution in [0.4, 0.5) is 13.2 Å². The molecule has 1 atom stereocenters. The van der Waals surface area contributed by atoms with Crippen LogP contribution in [0.2, 0.25) is 0 Å². The average molecular weight is 491 g/mol. The van der Waals surface area contributed by atoms with Gasteiger partial charge in [-0.3, -0.25) is 9.78 Å². The lowest BCUT2D eigenvalue weighted by Gasteiger charge is -2.50. The summed E-state index contributed by atoms with van der Waals surface area (Å²) >= 11 is 0. The maximum Gasteiger partial charge on any atom is 0.490 e. The van der Waals surface area contributed by atoms with Gasteiger partial charge in [0.1, 0.15) is 11.4 Å². The Bertz CT molecular complexity index is 1210. The molecule has 2 aliphatic rings. The van der Waals surface area contributed by atoms with Crippen LogP contribution in [0, 0.1) is 5.92 Å². The summed E-state index contributed by atoms with van der Waals surface area (Å²) in [5.74, 6) is -1.63. The van der Waals surface area contributed by atoms with Crippen molar-refractivity contribution >= 4 is 22.8 Å².